The molecule has 6 heteroatoms. The van der Waals surface area contributed by atoms with E-state index in [4.69, 9.17) is 4.74 Å². The number of halogens is 1. The van der Waals surface area contributed by atoms with Gasteiger partial charge in [-0.2, -0.15) is 0 Å². The van der Waals surface area contributed by atoms with E-state index in [0.29, 0.717) is 11.5 Å². The van der Waals surface area contributed by atoms with Crippen molar-refractivity contribution in [2.45, 2.75) is 0 Å². The number of hydrogen-bond donors (Lipinski definition) is 1. The van der Waals surface area contributed by atoms with Gasteiger partial charge in [-0.15, -0.1) is 10.2 Å². The first-order valence-electron chi connectivity index (χ1n) is 4.95. The van der Waals surface area contributed by atoms with E-state index in [1.807, 2.05) is 18.2 Å². The van der Waals surface area contributed by atoms with Crippen molar-refractivity contribution < 1.29 is 4.74 Å². The molecule has 1 N–H and O–H groups in total. The maximum atomic E-state index is 5.18. The minimum Gasteiger partial charge on any atom is -0.496 e. The van der Waals surface area contributed by atoms with Crippen LogP contribution in [-0.4, -0.2) is 29.3 Å². The third-order valence-electron chi connectivity index (χ3n) is 2.28. The number of anilines is 1. The Balaban J connectivity index is 2.49. The maximum absolute atomic E-state index is 5.18. The Bertz CT molecular complexity index is 533. The van der Waals surface area contributed by atoms with Crippen molar-refractivity contribution >= 4 is 21.7 Å². The summed E-state index contributed by atoms with van der Waals surface area (Å²) in [6, 6.07) is 5.70. The predicted octanol–water partition coefficient (Wildman–Crippen LogP) is 2.35. The van der Waals surface area contributed by atoms with E-state index in [-0.39, 0.29) is 0 Å². The number of nitrogens with zero attached hydrogens (tertiary/aromatic N) is 3. The first-order valence-corrected chi connectivity index (χ1v) is 5.75. The second-order valence-electron chi connectivity index (χ2n) is 3.26. The molecule has 0 bridgehead atoms. The molecule has 0 unspecified atom stereocenters. The van der Waals surface area contributed by atoms with Crippen LogP contribution >= 0.6 is 15.9 Å². The Hall–Kier alpha value is -1.69. The molecule has 2 rings (SSSR count). The van der Waals surface area contributed by atoms with Crippen LogP contribution in [0.1, 0.15) is 0 Å². The highest BCUT2D eigenvalue weighted by Crippen LogP contribution is 2.31. The van der Waals surface area contributed by atoms with Crippen LogP contribution in [0.15, 0.2) is 29.0 Å². The summed E-state index contributed by atoms with van der Waals surface area (Å²) in [4.78, 5) is 4.11. The zero-order chi connectivity index (χ0) is 12.3. The molecular weight excluding hydrogens is 284 g/mol. The molecule has 2 aromatic rings. The zero-order valence-electron chi connectivity index (χ0n) is 9.44. The molecule has 0 aliphatic carbocycles. The molecule has 0 atom stereocenters. The van der Waals surface area contributed by atoms with Crippen molar-refractivity contribution in [1.29, 1.82) is 0 Å². The number of nitrogens with one attached hydrogen (secondary N) is 1. The monoisotopic (exact) mass is 294 g/mol. The molecule has 17 heavy (non-hydrogen) atoms. The number of benzene rings is 1. The fraction of sp³-hybridized carbons (Fsp3) is 0.182. The average Bonchev–Trinajstić information content (AvgIpc) is 2.38. The minimum atomic E-state index is 0.692. The van der Waals surface area contributed by atoms with Gasteiger partial charge >= 0.3 is 0 Å². The highest BCUT2D eigenvalue weighted by Gasteiger charge is 2.09. The predicted molar refractivity (Wildman–Crippen MR) is 69.1 cm³/mol. The van der Waals surface area contributed by atoms with Gasteiger partial charge in [0.15, 0.2) is 5.82 Å². The molecular formula is C11H11BrN4O. The third kappa shape index (κ3) is 2.36. The summed E-state index contributed by atoms with van der Waals surface area (Å²) in [5.74, 6) is 1.47. The van der Waals surface area contributed by atoms with Gasteiger partial charge in [0.05, 0.1) is 11.6 Å². The van der Waals surface area contributed by atoms with Crippen molar-refractivity contribution in [3.05, 3.63) is 29.0 Å². The minimum absolute atomic E-state index is 0.692. The van der Waals surface area contributed by atoms with Crippen molar-refractivity contribution in [3.63, 3.8) is 0 Å². The lowest BCUT2D eigenvalue weighted by atomic mass is 10.1. The fourth-order valence-corrected chi connectivity index (χ4v) is 2.01. The molecule has 1 aromatic carbocycles. The maximum Gasteiger partial charge on any atom is 0.156 e. The van der Waals surface area contributed by atoms with Crippen LogP contribution < -0.4 is 10.1 Å². The molecule has 0 saturated heterocycles. The lowest BCUT2D eigenvalue weighted by molar-refractivity contribution is 0.412. The van der Waals surface area contributed by atoms with E-state index in [2.05, 4.69) is 36.4 Å². The molecule has 0 saturated carbocycles. The van der Waals surface area contributed by atoms with Crippen LogP contribution in [0.3, 0.4) is 0 Å². The molecule has 0 spiro atoms. The molecule has 0 fully saturated rings. The second kappa shape index (κ2) is 5.09. The van der Waals surface area contributed by atoms with Gasteiger partial charge in [0.2, 0.25) is 0 Å². The SMILES string of the molecule is CNc1ncnnc1-c1ccc(OC)c(Br)c1. The van der Waals surface area contributed by atoms with Crippen LogP contribution in [0, 0.1) is 0 Å². The van der Waals surface area contributed by atoms with Gasteiger partial charge in [0.1, 0.15) is 17.8 Å². The van der Waals surface area contributed by atoms with Crippen LogP contribution in [0.5, 0.6) is 5.75 Å². The summed E-state index contributed by atoms with van der Waals surface area (Å²) in [6.45, 7) is 0. The standard InChI is InChI=1S/C11H11BrN4O/c1-13-11-10(16-15-6-14-11)7-3-4-9(17-2)8(12)5-7/h3-6H,1-2H3,(H,13,14,15). The van der Waals surface area contributed by atoms with Crippen molar-refractivity contribution in [3.8, 4) is 17.0 Å². The van der Waals surface area contributed by atoms with Crippen molar-refractivity contribution in [2.75, 3.05) is 19.5 Å². The largest absolute Gasteiger partial charge is 0.496 e. The van der Waals surface area contributed by atoms with Gasteiger partial charge < -0.3 is 10.1 Å². The smallest absolute Gasteiger partial charge is 0.156 e. The molecule has 0 aliphatic heterocycles. The Labute approximate surface area is 107 Å². The van der Waals surface area contributed by atoms with Gasteiger partial charge in [0.25, 0.3) is 0 Å². The molecule has 0 amide bonds. The normalized spacial score (nSPS) is 10.1. The molecule has 0 radical (unpaired) electrons. The first-order chi connectivity index (χ1) is 8.26. The van der Waals surface area contributed by atoms with Gasteiger partial charge in [-0.25, -0.2) is 4.98 Å². The van der Waals surface area contributed by atoms with Crippen LogP contribution in [-0.2, 0) is 0 Å². The highest BCUT2D eigenvalue weighted by molar-refractivity contribution is 9.10. The number of aromatic nitrogens is 3. The Kier molecular flexibility index (Phi) is 3.53. The molecule has 1 aromatic heterocycles. The lowest BCUT2D eigenvalue weighted by Gasteiger charge is -2.08. The molecule has 88 valence electrons. The number of hydrogen-bond acceptors (Lipinski definition) is 5. The van der Waals surface area contributed by atoms with E-state index in [1.54, 1.807) is 14.2 Å². The van der Waals surface area contributed by atoms with E-state index >= 15 is 0 Å². The number of ether oxygens (including phenoxy) is 1. The van der Waals surface area contributed by atoms with E-state index < -0.39 is 0 Å². The summed E-state index contributed by atoms with van der Waals surface area (Å²) in [5, 5.41) is 10.9. The van der Waals surface area contributed by atoms with Crippen molar-refractivity contribution in [1.82, 2.24) is 15.2 Å². The lowest BCUT2D eigenvalue weighted by Crippen LogP contribution is -1.99. The van der Waals surface area contributed by atoms with Gasteiger partial charge in [0, 0.05) is 12.6 Å². The highest BCUT2D eigenvalue weighted by atomic mass is 79.9. The van der Waals surface area contributed by atoms with Crippen molar-refractivity contribution in [2.24, 2.45) is 0 Å². The summed E-state index contributed by atoms with van der Waals surface area (Å²) < 4.78 is 6.04. The van der Waals surface area contributed by atoms with E-state index in [0.717, 1.165) is 15.8 Å². The Morgan fingerprint density at radius 3 is 2.82 bits per heavy atom. The second-order valence-corrected chi connectivity index (χ2v) is 4.11. The molecule has 1 heterocycles. The van der Waals surface area contributed by atoms with Crippen LogP contribution in [0.25, 0.3) is 11.3 Å². The number of methoxy groups -OCH3 is 1. The number of rotatable bonds is 3. The van der Waals surface area contributed by atoms with Gasteiger partial charge in [-0.05, 0) is 34.1 Å². The summed E-state index contributed by atoms with van der Waals surface area (Å²) in [6.07, 6.45) is 1.41. The first kappa shape index (κ1) is 11.8. The van der Waals surface area contributed by atoms with Crippen LogP contribution in [0.2, 0.25) is 0 Å². The quantitative estimate of drug-likeness (QED) is 0.942. The van der Waals surface area contributed by atoms with Gasteiger partial charge in [-0.3, -0.25) is 0 Å². The third-order valence-corrected chi connectivity index (χ3v) is 2.90. The topological polar surface area (TPSA) is 59.9 Å². The van der Waals surface area contributed by atoms with E-state index in [1.165, 1.54) is 6.33 Å². The summed E-state index contributed by atoms with van der Waals surface area (Å²) in [5.41, 5.74) is 1.63. The van der Waals surface area contributed by atoms with Crippen LogP contribution in [0.4, 0.5) is 5.82 Å². The Morgan fingerprint density at radius 1 is 1.35 bits per heavy atom. The summed E-state index contributed by atoms with van der Waals surface area (Å²) >= 11 is 3.44. The van der Waals surface area contributed by atoms with Gasteiger partial charge in [-0.1, -0.05) is 0 Å². The fourth-order valence-electron chi connectivity index (χ4n) is 1.47. The summed E-state index contributed by atoms with van der Waals surface area (Å²) in [7, 11) is 3.43. The molecule has 0 aliphatic rings. The van der Waals surface area contributed by atoms with E-state index in [9.17, 15) is 0 Å². The average molecular weight is 295 g/mol. The Morgan fingerprint density at radius 2 is 2.18 bits per heavy atom. The zero-order valence-corrected chi connectivity index (χ0v) is 11.0. The molecule has 5 nitrogen and oxygen atoms in total.